The Bertz CT molecular complexity index is 277. The molecule has 0 aliphatic carbocycles. The Morgan fingerprint density at radius 2 is 1.78 bits per heavy atom. The molecule has 3 N–H and O–H groups in total. The maximum Gasteiger partial charge on any atom is 0.328 e. The van der Waals surface area contributed by atoms with Gasteiger partial charge in [-0.25, -0.2) is 4.79 Å². The van der Waals surface area contributed by atoms with E-state index in [2.05, 4.69) is 5.32 Å². The molecule has 0 aliphatic rings. The monoisotopic (exact) mass is 258 g/mol. The Kier molecular flexibility index (Phi) is 7.59. The largest absolute Gasteiger partial charge is 0.464 e. The summed E-state index contributed by atoms with van der Waals surface area (Å²) in [7, 11) is 0. The van der Waals surface area contributed by atoms with Crippen LogP contribution in [0.25, 0.3) is 0 Å². The van der Waals surface area contributed by atoms with E-state index in [0.29, 0.717) is 18.9 Å². The third-order valence-corrected chi connectivity index (χ3v) is 2.57. The van der Waals surface area contributed by atoms with Crippen molar-refractivity contribution in [1.82, 2.24) is 5.32 Å². The maximum absolute atomic E-state index is 11.9. The predicted octanol–water partition coefficient (Wildman–Crippen LogP) is 1.06. The summed E-state index contributed by atoms with van der Waals surface area (Å²) in [5.41, 5.74) is 5.78. The lowest BCUT2D eigenvalue weighted by molar-refractivity contribution is -0.148. The second-order valence-electron chi connectivity index (χ2n) is 5.22. The summed E-state index contributed by atoms with van der Waals surface area (Å²) in [6.45, 7) is 9.75. The lowest BCUT2D eigenvalue weighted by atomic mass is 10.0. The zero-order chi connectivity index (χ0) is 14.3. The van der Waals surface area contributed by atoms with Gasteiger partial charge in [0.1, 0.15) is 6.04 Å². The zero-order valence-electron chi connectivity index (χ0n) is 12.0. The topological polar surface area (TPSA) is 81.4 Å². The fourth-order valence-electron chi connectivity index (χ4n) is 1.61. The van der Waals surface area contributed by atoms with Crippen molar-refractivity contribution in [3.8, 4) is 0 Å². The lowest BCUT2D eigenvalue weighted by Crippen LogP contribution is -2.51. The average Bonchev–Trinajstić information content (AvgIpc) is 2.24. The Labute approximate surface area is 109 Å². The molecule has 106 valence electrons. The molecule has 0 fully saturated rings. The van der Waals surface area contributed by atoms with E-state index in [0.717, 1.165) is 0 Å². The number of carbonyl (C=O) groups excluding carboxylic acids is 2. The molecule has 2 atom stereocenters. The van der Waals surface area contributed by atoms with Crippen LogP contribution in [0.1, 0.15) is 41.0 Å². The van der Waals surface area contributed by atoms with E-state index in [1.807, 2.05) is 27.7 Å². The van der Waals surface area contributed by atoms with E-state index in [4.69, 9.17) is 10.5 Å². The van der Waals surface area contributed by atoms with Gasteiger partial charge in [0.05, 0.1) is 12.6 Å². The van der Waals surface area contributed by atoms with Gasteiger partial charge in [-0.15, -0.1) is 0 Å². The van der Waals surface area contributed by atoms with E-state index in [1.165, 1.54) is 0 Å². The molecule has 1 amide bonds. The molecule has 0 aromatic heterocycles. The first-order chi connectivity index (χ1) is 8.29. The summed E-state index contributed by atoms with van der Waals surface area (Å²) in [6, 6.07) is -1.21. The minimum Gasteiger partial charge on any atom is -0.464 e. The Morgan fingerprint density at radius 1 is 1.22 bits per heavy atom. The van der Waals surface area contributed by atoms with Gasteiger partial charge in [-0.05, 0) is 25.2 Å². The van der Waals surface area contributed by atoms with Crippen LogP contribution in [0, 0.1) is 11.8 Å². The minimum absolute atomic E-state index is 0.0285. The minimum atomic E-state index is -0.629. The highest BCUT2D eigenvalue weighted by atomic mass is 16.5. The third kappa shape index (κ3) is 6.00. The predicted molar refractivity (Wildman–Crippen MR) is 70.8 cm³/mol. The van der Waals surface area contributed by atoms with Crippen LogP contribution >= 0.6 is 0 Å². The van der Waals surface area contributed by atoms with Gasteiger partial charge >= 0.3 is 5.97 Å². The van der Waals surface area contributed by atoms with E-state index < -0.39 is 18.1 Å². The van der Waals surface area contributed by atoms with E-state index in [9.17, 15) is 9.59 Å². The molecule has 0 saturated heterocycles. The molecule has 0 spiro atoms. The van der Waals surface area contributed by atoms with Crippen LogP contribution < -0.4 is 11.1 Å². The molecule has 0 heterocycles. The van der Waals surface area contributed by atoms with Crippen molar-refractivity contribution in [3.05, 3.63) is 0 Å². The summed E-state index contributed by atoms with van der Waals surface area (Å²) in [6.07, 6.45) is 0.597. The highest BCUT2D eigenvalue weighted by Gasteiger charge is 2.27. The molecule has 5 heteroatoms. The average molecular weight is 258 g/mol. The summed E-state index contributed by atoms with van der Waals surface area (Å²) >= 11 is 0. The van der Waals surface area contributed by atoms with Crippen LogP contribution in [-0.2, 0) is 14.3 Å². The molecule has 0 aromatic carbocycles. The first kappa shape index (κ1) is 16.9. The number of rotatable bonds is 7. The highest BCUT2D eigenvalue weighted by molar-refractivity contribution is 5.87. The standard InChI is InChI=1S/C13H26N2O3/c1-6-18-13(17)11(9(4)5)15-12(16)10(14)7-8(2)3/h8-11H,6-7,14H2,1-5H3,(H,15,16)/t10-,11+/m1/s1. The number of carbonyl (C=O) groups is 2. The Morgan fingerprint density at radius 3 is 2.17 bits per heavy atom. The third-order valence-electron chi connectivity index (χ3n) is 2.57. The van der Waals surface area contributed by atoms with Crippen LogP contribution in [0.4, 0.5) is 0 Å². The van der Waals surface area contributed by atoms with Crippen molar-refractivity contribution < 1.29 is 14.3 Å². The van der Waals surface area contributed by atoms with Gasteiger partial charge < -0.3 is 15.8 Å². The van der Waals surface area contributed by atoms with Crippen molar-refractivity contribution in [1.29, 1.82) is 0 Å². The molecule has 0 saturated carbocycles. The number of amides is 1. The SMILES string of the molecule is CCOC(=O)[C@@H](NC(=O)[C@H](N)CC(C)C)C(C)C. The first-order valence-corrected chi connectivity index (χ1v) is 6.52. The van der Waals surface area contributed by atoms with Gasteiger partial charge in [0.25, 0.3) is 0 Å². The molecule has 0 unspecified atom stereocenters. The quantitative estimate of drug-likeness (QED) is 0.669. The number of esters is 1. The molecule has 5 nitrogen and oxygen atoms in total. The summed E-state index contributed by atoms with van der Waals surface area (Å²) in [4.78, 5) is 23.5. The number of hydrogen-bond donors (Lipinski definition) is 2. The Balaban J connectivity index is 4.49. The summed E-state index contributed by atoms with van der Waals surface area (Å²) in [5, 5.41) is 2.67. The van der Waals surface area contributed by atoms with Crippen molar-refractivity contribution >= 4 is 11.9 Å². The van der Waals surface area contributed by atoms with Gasteiger partial charge in [0.2, 0.25) is 5.91 Å². The molecule has 0 aromatic rings. The second kappa shape index (κ2) is 8.08. The maximum atomic E-state index is 11.9. The van der Waals surface area contributed by atoms with Crippen LogP contribution in [-0.4, -0.2) is 30.6 Å². The van der Waals surface area contributed by atoms with Crippen LogP contribution in [0.3, 0.4) is 0 Å². The number of hydrogen-bond acceptors (Lipinski definition) is 4. The van der Waals surface area contributed by atoms with Crippen LogP contribution in [0.15, 0.2) is 0 Å². The van der Waals surface area contributed by atoms with Crippen molar-refractivity contribution in [2.24, 2.45) is 17.6 Å². The van der Waals surface area contributed by atoms with E-state index in [1.54, 1.807) is 6.92 Å². The van der Waals surface area contributed by atoms with Crippen molar-refractivity contribution in [3.63, 3.8) is 0 Å². The molecule has 0 aliphatic heterocycles. The van der Waals surface area contributed by atoms with Crippen molar-refractivity contribution in [2.75, 3.05) is 6.61 Å². The molecule has 0 radical (unpaired) electrons. The molecular formula is C13H26N2O3. The Hall–Kier alpha value is -1.10. The van der Waals surface area contributed by atoms with Gasteiger partial charge in [-0.2, -0.15) is 0 Å². The van der Waals surface area contributed by atoms with Gasteiger partial charge in [0.15, 0.2) is 0 Å². The molecule has 18 heavy (non-hydrogen) atoms. The molecular weight excluding hydrogens is 232 g/mol. The number of nitrogens with one attached hydrogen (secondary N) is 1. The number of ether oxygens (including phenoxy) is 1. The smallest absolute Gasteiger partial charge is 0.328 e. The van der Waals surface area contributed by atoms with Gasteiger partial charge in [0, 0.05) is 0 Å². The fraction of sp³-hybridized carbons (Fsp3) is 0.846. The van der Waals surface area contributed by atoms with Crippen molar-refractivity contribution in [2.45, 2.75) is 53.1 Å². The fourth-order valence-corrected chi connectivity index (χ4v) is 1.61. The van der Waals surface area contributed by atoms with Crippen LogP contribution in [0.5, 0.6) is 0 Å². The number of nitrogens with two attached hydrogens (primary N) is 1. The second-order valence-corrected chi connectivity index (χ2v) is 5.22. The highest BCUT2D eigenvalue weighted by Crippen LogP contribution is 2.07. The molecule has 0 rings (SSSR count). The van der Waals surface area contributed by atoms with E-state index >= 15 is 0 Å². The zero-order valence-corrected chi connectivity index (χ0v) is 12.0. The first-order valence-electron chi connectivity index (χ1n) is 6.52. The molecule has 0 bridgehead atoms. The normalized spacial score (nSPS) is 14.4. The van der Waals surface area contributed by atoms with Crippen LogP contribution in [0.2, 0.25) is 0 Å². The summed E-state index contributed by atoms with van der Waals surface area (Å²) < 4.78 is 4.93. The van der Waals surface area contributed by atoms with Gasteiger partial charge in [-0.3, -0.25) is 4.79 Å². The van der Waals surface area contributed by atoms with Gasteiger partial charge in [-0.1, -0.05) is 27.7 Å². The lowest BCUT2D eigenvalue weighted by Gasteiger charge is -2.23. The van der Waals surface area contributed by atoms with E-state index in [-0.39, 0.29) is 11.8 Å². The summed E-state index contributed by atoms with van der Waals surface area (Å²) in [5.74, 6) is -0.391.